The van der Waals surface area contributed by atoms with Gasteiger partial charge < -0.3 is 10.7 Å². The first-order valence-electron chi connectivity index (χ1n) is 5.20. The summed E-state index contributed by atoms with van der Waals surface area (Å²) < 4.78 is 22.0. The van der Waals surface area contributed by atoms with E-state index in [-0.39, 0.29) is 5.75 Å². The predicted molar refractivity (Wildman–Crippen MR) is 67.4 cm³/mol. The van der Waals surface area contributed by atoms with Gasteiger partial charge >= 0.3 is 0 Å². The Morgan fingerprint density at radius 1 is 1.35 bits per heavy atom. The number of anilines is 2. The number of aromatic nitrogens is 2. The third-order valence-corrected chi connectivity index (χ3v) is 3.15. The van der Waals surface area contributed by atoms with Crippen LogP contribution in [0.1, 0.15) is 12.5 Å². The van der Waals surface area contributed by atoms with Crippen LogP contribution in [0.3, 0.4) is 0 Å². The third kappa shape index (κ3) is 4.16. The number of hydrogen-bond acceptors (Lipinski definition) is 7. The van der Waals surface area contributed by atoms with Crippen molar-refractivity contribution in [2.45, 2.75) is 13.3 Å². The number of hydrogen-bond donors (Lipinski definition) is 3. The van der Waals surface area contributed by atoms with Crippen LogP contribution in [0.2, 0.25) is 0 Å². The van der Waals surface area contributed by atoms with Gasteiger partial charge in [0.15, 0.2) is 0 Å². The minimum Gasteiger partial charge on any atom is -0.369 e. The lowest BCUT2D eigenvalue weighted by molar-refractivity contribution is 0.602. The van der Waals surface area contributed by atoms with Crippen molar-refractivity contribution in [2.24, 2.45) is 5.84 Å². The molecule has 0 amide bonds. The van der Waals surface area contributed by atoms with Crippen LogP contribution in [0.15, 0.2) is 6.33 Å². The fourth-order valence-electron chi connectivity index (χ4n) is 1.38. The van der Waals surface area contributed by atoms with E-state index in [4.69, 9.17) is 5.84 Å². The molecule has 0 fully saturated rings. The van der Waals surface area contributed by atoms with Crippen LogP contribution in [0, 0.1) is 0 Å². The van der Waals surface area contributed by atoms with Gasteiger partial charge in [-0.2, -0.15) is 0 Å². The highest BCUT2D eigenvalue weighted by Crippen LogP contribution is 2.18. The molecule has 0 spiro atoms. The Kier molecular flexibility index (Phi) is 4.64. The highest BCUT2D eigenvalue weighted by molar-refractivity contribution is 7.90. The summed E-state index contributed by atoms with van der Waals surface area (Å²) in [5, 5.41) is 2.97. The Labute approximate surface area is 101 Å². The molecule has 0 aliphatic carbocycles. The molecule has 7 nitrogen and oxygen atoms in total. The lowest BCUT2D eigenvalue weighted by Crippen LogP contribution is -2.18. The second-order valence-electron chi connectivity index (χ2n) is 3.60. The standard InChI is InChI=1S/C9H17N5O2S/c1-3-7-8(11-4-5-17(2,15)16)12-6-13-9(7)14-10/h6H,3-5,10H2,1-2H3,(H2,11,12,13,14). The predicted octanol–water partition coefficient (Wildman–Crippen LogP) is -0.219. The lowest BCUT2D eigenvalue weighted by Gasteiger charge is -2.12. The molecule has 8 heteroatoms. The second-order valence-corrected chi connectivity index (χ2v) is 5.86. The number of rotatable bonds is 6. The zero-order valence-electron chi connectivity index (χ0n) is 9.90. The lowest BCUT2D eigenvalue weighted by atomic mass is 10.2. The van der Waals surface area contributed by atoms with Crippen LogP contribution >= 0.6 is 0 Å². The summed E-state index contributed by atoms with van der Waals surface area (Å²) in [6.45, 7) is 2.26. The van der Waals surface area contributed by atoms with Crippen LogP contribution < -0.4 is 16.6 Å². The molecule has 0 aliphatic rings. The summed E-state index contributed by atoms with van der Waals surface area (Å²) in [7, 11) is -2.98. The fourth-order valence-corrected chi connectivity index (χ4v) is 1.85. The molecule has 0 aromatic carbocycles. The van der Waals surface area contributed by atoms with Crippen molar-refractivity contribution in [3.63, 3.8) is 0 Å². The first-order chi connectivity index (χ1) is 7.98. The number of nitrogens with one attached hydrogen (secondary N) is 2. The highest BCUT2D eigenvalue weighted by atomic mass is 32.2. The van der Waals surface area contributed by atoms with E-state index in [2.05, 4.69) is 20.7 Å². The molecule has 1 aromatic rings. The maximum atomic E-state index is 11.0. The molecule has 96 valence electrons. The molecule has 0 unspecified atom stereocenters. The van der Waals surface area contributed by atoms with Gasteiger partial charge in [0.1, 0.15) is 27.8 Å². The molecule has 0 saturated heterocycles. The Morgan fingerprint density at radius 3 is 2.53 bits per heavy atom. The number of nitrogens with two attached hydrogens (primary N) is 1. The van der Waals surface area contributed by atoms with Gasteiger partial charge in [-0.05, 0) is 6.42 Å². The van der Waals surface area contributed by atoms with Crippen LogP contribution in [0.4, 0.5) is 11.6 Å². The van der Waals surface area contributed by atoms with E-state index in [0.717, 1.165) is 5.56 Å². The topological polar surface area (TPSA) is 110 Å². The Bertz CT molecular complexity index is 474. The Morgan fingerprint density at radius 2 is 2.00 bits per heavy atom. The molecule has 4 N–H and O–H groups in total. The van der Waals surface area contributed by atoms with Gasteiger partial charge in [0.05, 0.1) is 5.75 Å². The van der Waals surface area contributed by atoms with Crippen LogP contribution in [-0.4, -0.2) is 36.9 Å². The summed E-state index contributed by atoms with van der Waals surface area (Å²) in [6, 6.07) is 0. The third-order valence-electron chi connectivity index (χ3n) is 2.20. The first kappa shape index (κ1) is 13.7. The highest BCUT2D eigenvalue weighted by Gasteiger charge is 2.09. The molecule has 0 bridgehead atoms. The summed E-state index contributed by atoms with van der Waals surface area (Å²) in [5.74, 6) is 6.55. The van der Waals surface area contributed by atoms with E-state index < -0.39 is 9.84 Å². The van der Waals surface area contributed by atoms with Crippen molar-refractivity contribution in [2.75, 3.05) is 29.3 Å². The van der Waals surface area contributed by atoms with Crippen molar-refractivity contribution < 1.29 is 8.42 Å². The quantitative estimate of drug-likeness (QED) is 0.478. The van der Waals surface area contributed by atoms with Crippen LogP contribution in [0.5, 0.6) is 0 Å². The van der Waals surface area contributed by atoms with Crippen molar-refractivity contribution in [1.29, 1.82) is 0 Å². The van der Waals surface area contributed by atoms with Gasteiger partial charge in [0.25, 0.3) is 0 Å². The van der Waals surface area contributed by atoms with Crippen LogP contribution in [0.25, 0.3) is 0 Å². The van der Waals surface area contributed by atoms with E-state index in [0.29, 0.717) is 24.6 Å². The van der Waals surface area contributed by atoms with Crippen molar-refractivity contribution >= 4 is 21.5 Å². The van der Waals surface area contributed by atoms with Gasteiger partial charge in [-0.15, -0.1) is 0 Å². The van der Waals surface area contributed by atoms with Gasteiger partial charge in [-0.1, -0.05) is 6.92 Å². The fraction of sp³-hybridized carbons (Fsp3) is 0.556. The van der Waals surface area contributed by atoms with Crippen molar-refractivity contribution in [3.05, 3.63) is 11.9 Å². The van der Waals surface area contributed by atoms with E-state index in [1.165, 1.54) is 12.6 Å². The largest absolute Gasteiger partial charge is 0.369 e. The molecular weight excluding hydrogens is 242 g/mol. The molecule has 1 heterocycles. The van der Waals surface area contributed by atoms with E-state index in [1.54, 1.807) is 0 Å². The van der Waals surface area contributed by atoms with Gasteiger partial charge in [-0.25, -0.2) is 24.2 Å². The SMILES string of the molecule is CCc1c(NN)ncnc1NCCS(C)(=O)=O. The normalized spacial score (nSPS) is 11.2. The molecule has 1 aromatic heterocycles. The summed E-state index contributed by atoms with van der Waals surface area (Å²) in [6.07, 6.45) is 3.26. The van der Waals surface area contributed by atoms with Crippen molar-refractivity contribution in [1.82, 2.24) is 9.97 Å². The maximum Gasteiger partial charge on any atom is 0.149 e. The zero-order valence-corrected chi connectivity index (χ0v) is 10.7. The first-order valence-corrected chi connectivity index (χ1v) is 7.26. The summed E-state index contributed by atoms with van der Waals surface area (Å²) in [4.78, 5) is 8.05. The molecule has 0 aliphatic heterocycles. The average molecular weight is 259 g/mol. The Balaban J connectivity index is 2.77. The Hall–Kier alpha value is -1.41. The number of nitrogen functional groups attached to an aromatic ring is 1. The van der Waals surface area contributed by atoms with Crippen LogP contribution in [-0.2, 0) is 16.3 Å². The molecule has 17 heavy (non-hydrogen) atoms. The molecule has 0 radical (unpaired) electrons. The van der Waals surface area contributed by atoms with Gasteiger partial charge in [0, 0.05) is 18.4 Å². The number of hydrazine groups is 1. The number of nitrogens with zero attached hydrogens (tertiary/aromatic N) is 2. The van der Waals surface area contributed by atoms with Gasteiger partial charge in [0.2, 0.25) is 0 Å². The van der Waals surface area contributed by atoms with E-state index in [1.807, 2.05) is 6.92 Å². The van der Waals surface area contributed by atoms with Gasteiger partial charge in [-0.3, -0.25) is 0 Å². The zero-order chi connectivity index (χ0) is 12.9. The average Bonchev–Trinajstić information content (AvgIpc) is 2.27. The molecule has 1 rings (SSSR count). The second kappa shape index (κ2) is 5.78. The van der Waals surface area contributed by atoms with E-state index in [9.17, 15) is 8.42 Å². The smallest absolute Gasteiger partial charge is 0.149 e. The van der Waals surface area contributed by atoms with E-state index >= 15 is 0 Å². The maximum absolute atomic E-state index is 11.0. The molecular formula is C9H17N5O2S. The monoisotopic (exact) mass is 259 g/mol. The number of sulfone groups is 1. The summed E-state index contributed by atoms with van der Waals surface area (Å²) >= 11 is 0. The minimum absolute atomic E-state index is 0.0611. The summed E-state index contributed by atoms with van der Waals surface area (Å²) in [5.41, 5.74) is 3.32. The van der Waals surface area contributed by atoms with Crippen molar-refractivity contribution in [3.8, 4) is 0 Å². The molecule has 0 saturated carbocycles. The minimum atomic E-state index is -2.98. The molecule has 0 atom stereocenters.